The van der Waals surface area contributed by atoms with E-state index in [4.69, 9.17) is 10.5 Å². The minimum Gasteiger partial charge on any atom is -0.463 e. The van der Waals surface area contributed by atoms with Crippen molar-refractivity contribution in [2.24, 2.45) is 0 Å². The van der Waals surface area contributed by atoms with Crippen LogP contribution < -0.4 is 11.1 Å². The van der Waals surface area contributed by atoms with Crippen molar-refractivity contribution in [3.63, 3.8) is 0 Å². The number of amides is 2. The van der Waals surface area contributed by atoms with Gasteiger partial charge in [0.2, 0.25) is 0 Å². The molecule has 6 nitrogen and oxygen atoms in total. The van der Waals surface area contributed by atoms with Crippen LogP contribution in [0.3, 0.4) is 0 Å². The van der Waals surface area contributed by atoms with E-state index in [1.165, 1.54) is 0 Å². The number of rotatable bonds is 7. The van der Waals surface area contributed by atoms with E-state index in [9.17, 15) is 9.59 Å². The van der Waals surface area contributed by atoms with Gasteiger partial charge in [-0.15, -0.1) is 0 Å². The third kappa shape index (κ3) is 4.42. The van der Waals surface area contributed by atoms with Gasteiger partial charge in [0.25, 0.3) is 0 Å². The standard InChI is InChI=1S/C23H27N3O3/c1-3-5-15-26-21(17-9-7-6-8-10-17)19(22(27)29-4-2)20(25-23(26)28)16-11-13-18(24)14-12-16/h6-14,20H,3-5,15,24H2,1-2H3,(H,25,28)/t20-/m1/s1. The molecule has 0 saturated heterocycles. The first-order valence-corrected chi connectivity index (χ1v) is 9.97. The number of urea groups is 1. The smallest absolute Gasteiger partial charge is 0.338 e. The highest BCUT2D eigenvalue weighted by atomic mass is 16.5. The lowest BCUT2D eigenvalue weighted by atomic mass is 9.91. The molecule has 1 atom stereocenters. The Hall–Kier alpha value is -3.28. The Morgan fingerprint density at radius 2 is 1.79 bits per heavy atom. The zero-order chi connectivity index (χ0) is 20.8. The van der Waals surface area contributed by atoms with Crippen molar-refractivity contribution < 1.29 is 14.3 Å². The molecule has 1 aliphatic heterocycles. The number of carbonyl (C=O) groups excluding carboxylic acids is 2. The number of anilines is 1. The lowest BCUT2D eigenvalue weighted by Crippen LogP contribution is -2.48. The molecule has 6 heteroatoms. The summed E-state index contributed by atoms with van der Waals surface area (Å²) < 4.78 is 5.40. The monoisotopic (exact) mass is 393 g/mol. The second-order valence-electron chi connectivity index (χ2n) is 6.90. The van der Waals surface area contributed by atoms with Crippen molar-refractivity contribution in [2.75, 3.05) is 18.9 Å². The lowest BCUT2D eigenvalue weighted by molar-refractivity contribution is -0.138. The summed E-state index contributed by atoms with van der Waals surface area (Å²) in [5.41, 5.74) is 9.05. The van der Waals surface area contributed by atoms with Crippen LogP contribution in [0.15, 0.2) is 60.2 Å². The summed E-state index contributed by atoms with van der Waals surface area (Å²) >= 11 is 0. The highest BCUT2D eigenvalue weighted by Gasteiger charge is 2.38. The molecule has 0 saturated carbocycles. The summed E-state index contributed by atoms with van der Waals surface area (Å²) in [4.78, 5) is 27.8. The average Bonchev–Trinajstić information content (AvgIpc) is 2.73. The highest BCUT2D eigenvalue weighted by Crippen LogP contribution is 2.36. The molecular weight excluding hydrogens is 366 g/mol. The minimum absolute atomic E-state index is 0.229. The molecule has 2 aromatic rings. The number of nitrogens with zero attached hydrogens (tertiary/aromatic N) is 1. The van der Waals surface area contributed by atoms with Gasteiger partial charge in [-0.05, 0) is 36.6 Å². The van der Waals surface area contributed by atoms with E-state index in [1.807, 2.05) is 42.5 Å². The van der Waals surface area contributed by atoms with E-state index in [0.29, 0.717) is 23.5 Å². The van der Waals surface area contributed by atoms with Crippen LogP contribution in [0.2, 0.25) is 0 Å². The van der Waals surface area contributed by atoms with Gasteiger partial charge in [0.05, 0.1) is 23.9 Å². The van der Waals surface area contributed by atoms with Gasteiger partial charge in [-0.3, -0.25) is 4.90 Å². The first-order chi connectivity index (χ1) is 14.1. The fourth-order valence-corrected chi connectivity index (χ4v) is 3.46. The number of carbonyl (C=O) groups is 2. The summed E-state index contributed by atoms with van der Waals surface area (Å²) in [6.45, 7) is 4.61. The molecule has 1 heterocycles. The molecule has 152 valence electrons. The van der Waals surface area contributed by atoms with Gasteiger partial charge < -0.3 is 15.8 Å². The number of hydrogen-bond donors (Lipinski definition) is 2. The van der Waals surface area contributed by atoms with Gasteiger partial charge in [-0.25, -0.2) is 9.59 Å². The predicted octanol–water partition coefficient (Wildman–Crippen LogP) is 4.11. The van der Waals surface area contributed by atoms with Crippen molar-refractivity contribution in [3.8, 4) is 0 Å². The van der Waals surface area contributed by atoms with E-state index in [2.05, 4.69) is 12.2 Å². The second kappa shape index (κ2) is 9.28. The van der Waals surface area contributed by atoms with Crippen LogP contribution in [0.1, 0.15) is 43.9 Å². The average molecular weight is 393 g/mol. The highest BCUT2D eigenvalue weighted by molar-refractivity contribution is 6.04. The van der Waals surface area contributed by atoms with Crippen LogP contribution in [-0.2, 0) is 9.53 Å². The number of ether oxygens (including phenoxy) is 1. The summed E-state index contributed by atoms with van der Waals surface area (Å²) in [5, 5.41) is 2.99. The maximum Gasteiger partial charge on any atom is 0.338 e. The summed E-state index contributed by atoms with van der Waals surface area (Å²) in [6, 6.07) is 15.8. The van der Waals surface area contributed by atoms with Crippen LogP contribution in [0.25, 0.3) is 5.70 Å². The molecule has 2 aromatic carbocycles. The fourth-order valence-electron chi connectivity index (χ4n) is 3.46. The fraction of sp³-hybridized carbons (Fsp3) is 0.304. The van der Waals surface area contributed by atoms with Crippen molar-refractivity contribution in [3.05, 3.63) is 71.3 Å². The summed E-state index contributed by atoms with van der Waals surface area (Å²) in [5.74, 6) is -0.435. The van der Waals surface area contributed by atoms with Crippen LogP contribution in [0.4, 0.5) is 10.5 Å². The number of esters is 1. The van der Waals surface area contributed by atoms with E-state index in [-0.39, 0.29) is 12.6 Å². The number of nitrogens with one attached hydrogen (secondary N) is 1. The molecular formula is C23H27N3O3. The molecule has 2 amide bonds. The zero-order valence-corrected chi connectivity index (χ0v) is 16.9. The second-order valence-corrected chi connectivity index (χ2v) is 6.90. The Labute approximate surface area is 171 Å². The van der Waals surface area contributed by atoms with Gasteiger partial charge in [0, 0.05) is 12.2 Å². The Balaban J connectivity index is 2.22. The van der Waals surface area contributed by atoms with Gasteiger partial charge in [-0.2, -0.15) is 0 Å². The van der Waals surface area contributed by atoms with Crippen LogP contribution >= 0.6 is 0 Å². The predicted molar refractivity (Wildman–Crippen MR) is 114 cm³/mol. The topological polar surface area (TPSA) is 84.7 Å². The first-order valence-electron chi connectivity index (χ1n) is 9.97. The van der Waals surface area contributed by atoms with Crippen molar-refractivity contribution in [1.82, 2.24) is 10.2 Å². The quantitative estimate of drug-likeness (QED) is 0.548. The third-order valence-corrected chi connectivity index (χ3v) is 4.87. The van der Waals surface area contributed by atoms with Crippen LogP contribution in [0, 0.1) is 0 Å². The van der Waals surface area contributed by atoms with Crippen LogP contribution in [-0.4, -0.2) is 30.1 Å². The van der Waals surface area contributed by atoms with Crippen molar-refractivity contribution in [1.29, 1.82) is 0 Å². The van der Waals surface area contributed by atoms with Crippen LogP contribution in [0.5, 0.6) is 0 Å². The Kier molecular flexibility index (Phi) is 6.54. The Morgan fingerprint density at radius 1 is 1.10 bits per heavy atom. The van der Waals surface area contributed by atoms with E-state index in [1.54, 1.807) is 24.0 Å². The molecule has 0 radical (unpaired) electrons. The zero-order valence-electron chi connectivity index (χ0n) is 16.9. The van der Waals surface area contributed by atoms with E-state index >= 15 is 0 Å². The van der Waals surface area contributed by atoms with Gasteiger partial charge >= 0.3 is 12.0 Å². The molecule has 1 aliphatic rings. The molecule has 29 heavy (non-hydrogen) atoms. The van der Waals surface area contributed by atoms with Gasteiger partial charge in [-0.1, -0.05) is 55.8 Å². The molecule has 0 bridgehead atoms. The molecule has 0 aliphatic carbocycles. The first kappa shape index (κ1) is 20.5. The van der Waals surface area contributed by atoms with Crippen molar-refractivity contribution in [2.45, 2.75) is 32.7 Å². The number of hydrogen-bond acceptors (Lipinski definition) is 4. The summed E-state index contributed by atoms with van der Waals surface area (Å²) in [6.07, 6.45) is 1.76. The maximum atomic E-state index is 13.1. The normalized spacial score (nSPS) is 16.6. The van der Waals surface area contributed by atoms with E-state index in [0.717, 1.165) is 24.0 Å². The minimum atomic E-state index is -0.616. The molecule has 0 unspecified atom stereocenters. The number of benzene rings is 2. The lowest BCUT2D eigenvalue weighted by Gasteiger charge is -2.37. The number of unbranched alkanes of at least 4 members (excludes halogenated alkanes) is 1. The molecule has 3 N–H and O–H groups in total. The summed E-state index contributed by atoms with van der Waals surface area (Å²) in [7, 11) is 0. The van der Waals surface area contributed by atoms with Gasteiger partial charge in [0.1, 0.15) is 0 Å². The molecule has 3 rings (SSSR count). The van der Waals surface area contributed by atoms with Crippen molar-refractivity contribution >= 4 is 23.4 Å². The SMILES string of the molecule is CCCCN1C(=O)N[C@H](c2ccc(N)cc2)C(C(=O)OCC)=C1c1ccccc1. The molecule has 0 aromatic heterocycles. The number of nitrogen functional groups attached to an aromatic ring is 1. The largest absolute Gasteiger partial charge is 0.463 e. The Bertz CT molecular complexity index is 891. The molecule has 0 fully saturated rings. The maximum absolute atomic E-state index is 13.1. The number of nitrogens with two attached hydrogens (primary N) is 1. The molecule has 0 spiro atoms. The van der Waals surface area contributed by atoms with Gasteiger partial charge in [0.15, 0.2) is 0 Å². The Morgan fingerprint density at radius 3 is 2.41 bits per heavy atom. The third-order valence-electron chi connectivity index (χ3n) is 4.87. The van der Waals surface area contributed by atoms with E-state index < -0.39 is 12.0 Å².